The molecule has 5 heteroatoms. The average Bonchev–Trinajstić information content (AvgIpc) is 2.25. The number of esters is 1. The fourth-order valence-corrected chi connectivity index (χ4v) is 1.19. The smallest absolute Gasteiger partial charge is 0.303 e. The Hall–Kier alpha value is -2.00. The Morgan fingerprint density at radius 2 is 2.20 bits per heavy atom. The molecule has 0 unspecified atom stereocenters. The van der Waals surface area contributed by atoms with E-state index in [1.165, 1.54) is 6.92 Å². The Kier molecular flexibility index (Phi) is 4.19. The fraction of sp³-hybridized carbons (Fsp3) is 0.300. The number of nitrogens with zero attached hydrogens (tertiary/aromatic N) is 3. The van der Waals surface area contributed by atoms with Crippen molar-refractivity contribution < 1.29 is 9.53 Å². The summed E-state index contributed by atoms with van der Waals surface area (Å²) in [6, 6.07) is 9.17. The molecule has 0 bridgehead atoms. The van der Waals surface area contributed by atoms with Crippen LogP contribution in [0.25, 0.3) is 10.4 Å². The first kappa shape index (κ1) is 11.1. The van der Waals surface area contributed by atoms with Crippen molar-refractivity contribution >= 4 is 5.97 Å². The van der Waals surface area contributed by atoms with E-state index >= 15 is 0 Å². The van der Waals surface area contributed by atoms with Crippen LogP contribution in [0.2, 0.25) is 0 Å². The highest BCUT2D eigenvalue weighted by atomic mass is 16.5. The molecule has 1 atom stereocenters. The van der Waals surface area contributed by atoms with Crippen LogP contribution < -0.4 is 0 Å². The Bertz CT molecular complexity index is 368. The summed E-state index contributed by atoms with van der Waals surface area (Å²) in [7, 11) is 0. The van der Waals surface area contributed by atoms with Gasteiger partial charge in [-0.1, -0.05) is 35.4 Å². The number of benzene rings is 1. The summed E-state index contributed by atoms with van der Waals surface area (Å²) in [5.74, 6) is -0.392. The van der Waals surface area contributed by atoms with E-state index in [1.54, 1.807) is 0 Å². The molecular weight excluding hydrogens is 194 g/mol. The molecule has 15 heavy (non-hydrogen) atoms. The van der Waals surface area contributed by atoms with Crippen molar-refractivity contribution in [2.24, 2.45) is 5.11 Å². The highest BCUT2D eigenvalue weighted by Crippen LogP contribution is 2.17. The molecule has 0 fully saturated rings. The molecule has 0 aromatic heterocycles. The van der Waals surface area contributed by atoms with E-state index in [1.807, 2.05) is 30.3 Å². The first-order valence-electron chi connectivity index (χ1n) is 4.47. The third kappa shape index (κ3) is 3.70. The Morgan fingerprint density at radius 1 is 1.53 bits per heavy atom. The van der Waals surface area contributed by atoms with Crippen LogP contribution in [-0.2, 0) is 9.53 Å². The predicted molar refractivity (Wildman–Crippen MR) is 55.0 cm³/mol. The molecule has 0 aliphatic rings. The molecule has 5 nitrogen and oxygen atoms in total. The molecule has 1 aromatic carbocycles. The van der Waals surface area contributed by atoms with Crippen molar-refractivity contribution in [3.63, 3.8) is 0 Å². The van der Waals surface area contributed by atoms with E-state index in [-0.39, 0.29) is 6.54 Å². The molecule has 0 amide bonds. The van der Waals surface area contributed by atoms with Gasteiger partial charge in [0.05, 0.1) is 6.54 Å². The number of azide groups is 1. The third-order valence-electron chi connectivity index (χ3n) is 1.79. The van der Waals surface area contributed by atoms with Gasteiger partial charge in [0.15, 0.2) is 0 Å². The SMILES string of the molecule is CC(=O)O[C@@H](CN=[N+]=[N-])c1ccccc1. The maximum absolute atomic E-state index is 10.8. The highest BCUT2D eigenvalue weighted by molar-refractivity contribution is 5.66. The molecule has 0 saturated heterocycles. The second-order valence-electron chi connectivity index (χ2n) is 2.92. The predicted octanol–water partition coefficient (Wildman–Crippen LogP) is 2.60. The van der Waals surface area contributed by atoms with Crippen LogP contribution in [0.15, 0.2) is 35.4 Å². The van der Waals surface area contributed by atoms with E-state index in [0.717, 1.165) is 5.56 Å². The van der Waals surface area contributed by atoms with Crippen LogP contribution in [0.3, 0.4) is 0 Å². The van der Waals surface area contributed by atoms with E-state index in [0.29, 0.717) is 0 Å². The summed E-state index contributed by atoms with van der Waals surface area (Å²) in [5, 5.41) is 3.40. The third-order valence-corrected chi connectivity index (χ3v) is 1.79. The quantitative estimate of drug-likeness (QED) is 0.328. The van der Waals surface area contributed by atoms with Crippen molar-refractivity contribution in [2.75, 3.05) is 6.54 Å². The van der Waals surface area contributed by atoms with Gasteiger partial charge in [-0.15, -0.1) is 0 Å². The van der Waals surface area contributed by atoms with Crippen molar-refractivity contribution in [2.45, 2.75) is 13.0 Å². The van der Waals surface area contributed by atoms with Gasteiger partial charge in [0.2, 0.25) is 0 Å². The first-order valence-corrected chi connectivity index (χ1v) is 4.47. The number of rotatable bonds is 4. The minimum absolute atomic E-state index is 0.111. The number of ether oxygens (including phenoxy) is 1. The molecule has 0 aliphatic carbocycles. The minimum atomic E-state index is -0.500. The van der Waals surface area contributed by atoms with Crippen molar-refractivity contribution in [1.29, 1.82) is 0 Å². The van der Waals surface area contributed by atoms with Crippen LogP contribution >= 0.6 is 0 Å². The fourth-order valence-electron chi connectivity index (χ4n) is 1.19. The number of carbonyl (C=O) groups excluding carboxylic acids is 1. The summed E-state index contributed by atoms with van der Waals surface area (Å²) in [6.45, 7) is 1.44. The standard InChI is InChI=1S/C10H11N3O2/c1-8(14)15-10(7-12-13-11)9-5-3-2-4-6-9/h2-6,10H,7H2,1H3/t10-/m0/s1. The van der Waals surface area contributed by atoms with Crippen molar-refractivity contribution in [1.82, 2.24) is 0 Å². The Labute approximate surface area is 87.3 Å². The monoisotopic (exact) mass is 205 g/mol. The molecule has 0 spiro atoms. The zero-order chi connectivity index (χ0) is 11.1. The van der Waals surface area contributed by atoms with E-state index < -0.39 is 12.1 Å². The minimum Gasteiger partial charge on any atom is -0.458 e. The van der Waals surface area contributed by atoms with Gasteiger partial charge in [-0.3, -0.25) is 4.79 Å². The lowest BCUT2D eigenvalue weighted by atomic mass is 10.1. The molecule has 78 valence electrons. The largest absolute Gasteiger partial charge is 0.458 e. The second kappa shape index (κ2) is 5.67. The summed E-state index contributed by atoms with van der Waals surface area (Å²) < 4.78 is 5.03. The summed E-state index contributed by atoms with van der Waals surface area (Å²) >= 11 is 0. The maximum atomic E-state index is 10.8. The van der Waals surface area contributed by atoms with Gasteiger partial charge in [0, 0.05) is 11.8 Å². The Balaban J connectivity index is 2.80. The van der Waals surface area contributed by atoms with Gasteiger partial charge in [-0.25, -0.2) is 0 Å². The van der Waals surface area contributed by atoms with Crippen LogP contribution in [0.1, 0.15) is 18.6 Å². The van der Waals surface area contributed by atoms with Crippen LogP contribution in [-0.4, -0.2) is 12.5 Å². The number of carbonyl (C=O) groups is 1. The highest BCUT2D eigenvalue weighted by Gasteiger charge is 2.12. The summed E-state index contributed by atoms with van der Waals surface area (Å²) in [6.07, 6.45) is -0.500. The second-order valence-corrected chi connectivity index (χ2v) is 2.92. The summed E-state index contributed by atoms with van der Waals surface area (Å²) in [5.41, 5.74) is 9.03. The molecule has 0 radical (unpaired) electrons. The van der Waals surface area contributed by atoms with E-state index in [4.69, 9.17) is 10.3 Å². The van der Waals surface area contributed by atoms with E-state index in [2.05, 4.69) is 10.0 Å². The molecule has 0 N–H and O–H groups in total. The Morgan fingerprint density at radius 3 is 2.73 bits per heavy atom. The van der Waals surface area contributed by atoms with Crippen LogP contribution in [0.4, 0.5) is 0 Å². The van der Waals surface area contributed by atoms with Crippen molar-refractivity contribution in [3.8, 4) is 0 Å². The van der Waals surface area contributed by atoms with Crippen LogP contribution in [0, 0.1) is 0 Å². The molecular formula is C10H11N3O2. The first-order chi connectivity index (χ1) is 7.24. The van der Waals surface area contributed by atoms with Gasteiger partial charge in [0.25, 0.3) is 0 Å². The molecule has 0 aliphatic heterocycles. The lowest BCUT2D eigenvalue weighted by Crippen LogP contribution is -2.11. The molecule has 0 heterocycles. The number of hydrogen-bond acceptors (Lipinski definition) is 3. The van der Waals surface area contributed by atoms with Gasteiger partial charge >= 0.3 is 5.97 Å². The van der Waals surface area contributed by atoms with Crippen LogP contribution in [0.5, 0.6) is 0 Å². The molecule has 0 saturated carbocycles. The zero-order valence-corrected chi connectivity index (χ0v) is 8.33. The van der Waals surface area contributed by atoms with Gasteiger partial charge in [-0.2, -0.15) is 0 Å². The topological polar surface area (TPSA) is 75.1 Å². The average molecular weight is 205 g/mol. The number of hydrogen-bond donors (Lipinski definition) is 0. The van der Waals surface area contributed by atoms with Crippen molar-refractivity contribution in [3.05, 3.63) is 46.3 Å². The van der Waals surface area contributed by atoms with Gasteiger partial charge in [-0.05, 0) is 11.1 Å². The zero-order valence-electron chi connectivity index (χ0n) is 8.33. The lowest BCUT2D eigenvalue weighted by molar-refractivity contribution is -0.146. The summed E-state index contributed by atoms with van der Waals surface area (Å²) in [4.78, 5) is 13.5. The normalized spacial score (nSPS) is 11.3. The van der Waals surface area contributed by atoms with Gasteiger partial charge < -0.3 is 4.74 Å². The molecule has 1 aromatic rings. The van der Waals surface area contributed by atoms with Gasteiger partial charge in [0.1, 0.15) is 6.10 Å². The maximum Gasteiger partial charge on any atom is 0.303 e. The molecule has 1 rings (SSSR count). The van der Waals surface area contributed by atoms with E-state index in [9.17, 15) is 4.79 Å². The lowest BCUT2D eigenvalue weighted by Gasteiger charge is -2.14.